The van der Waals surface area contributed by atoms with Gasteiger partial charge in [0.15, 0.2) is 0 Å². The van der Waals surface area contributed by atoms with Crippen molar-refractivity contribution in [2.24, 2.45) is 0 Å². The molecule has 0 saturated carbocycles. The number of ether oxygens (including phenoxy) is 1. The van der Waals surface area contributed by atoms with Gasteiger partial charge in [0.25, 0.3) is 0 Å². The fourth-order valence-corrected chi connectivity index (χ4v) is 1.56. The Morgan fingerprint density at radius 3 is 2.79 bits per heavy atom. The van der Waals surface area contributed by atoms with Gasteiger partial charge in [-0.1, -0.05) is 15.9 Å². The minimum Gasteiger partial charge on any atom is -0.383 e. The van der Waals surface area contributed by atoms with Crippen LogP contribution in [0, 0.1) is 6.92 Å². The smallest absolute Gasteiger partial charge is 0.0661 e. The van der Waals surface area contributed by atoms with Crippen molar-refractivity contribution in [2.45, 2.75) is 19.9 Å². The molecule has 0 heterocycles. The molecule has 1 atom stereocenters. The van der Waals surface area contributed by atoms with Crippen LogP contribution < -0.4 is 5.32 Å². The van der Waals surface area contributed by atoms with E-state index >= 15 is 0 Å². The van der Waals surface area contributed by atoms with Crippen molar-refractivity contribution < 1.29 is 4.74 Å². The van der Waals surface area contributed by atoms with Crippen molar-refractivity contribution in [1.29, 1.82) is 0 Å². The maximum Gasteiger partial charge on any atom is 0.0661 e. The molecule has 1 aromatic rings. The first-order valence-electron chi connectivity index (χ1n) is 4.65. The van der Waals surface area contributed by atoms with Gasteiger partial charge in [0.2, 0.25) is 0 Å². The topological polar surface area (TPSA) is 21.3 Å². The number of benzene rings is 1. The summed E-state index contributed by atoms with van der Waals surface area (Å²) in [4.78, 5) is 0. The highest BCUT2D eigenvalue weighted by Gasteiger charge is 2.02. The van der Waals surface area contributed by atoms with Crippen molar-refractivity contribution in [1.82, 2.24) is 0 Å². The lowest BCUT2D eigenvalue weighted by molar-refractivity contribution is 0.190. The molecule has 0 amide bonds. The molecule has 1 N–H and O–H groups in total. The monoisotopic (exact) mass is 257 g/mol. The summed E-state index contributed by atoms with van der Waals surface area (Å²) in [6, 6.07) is 6.57. The molecule has 0 spiro atoms. The minimum absolute atomic E-state index is 0.334. The Morgan fingerprint density at radius 1 is 1.50 bits per heavy atom. The summed E-state index contributed by atoms with van der Waals surface area (Å²) in [6.45, 7) is 4.90. The number of nitrogens with one attached hydrogen (secondary N) is 1. The van der Waals surface area contributed by atoms with Crippen molar-refractivity contribution in [3.05, 3.63) is 28.2 Å². The second-order valence-electron chi connectivity index (χ2n) is 3.46. The zero-order valence-electron chi connectivity index (χ0n) is 8.80. The summed E-state index contributed by atoms with van der Waals surface area (Å²) in [5, 5.41) is 3.36. The van der Waals surface area contributed by atoms with Crippen LogP contribution in [0.1, 0.15) is 12.5 Å². The van der Waals surface area contributed by atoms with Gasteiger partial charge in [0.1, 0.15) is 0 Å². The molecule has 0 aliphatic rings. The highest BCUT2D eigenvalue weighted by atomic mass is 79.9. The van der Waals surface area contributed by atoms with E-state index in [0.29, 0.717) is 6.04 Å². The van der Waals surface area contributed by atoms with Gasteiger partial charge in [-0.05, 0) is 37.6 Å². The van der Waals surface area contributed by atoms with Crippen molar-refractivity contribution in [2.75, 3.05) is 19.0 Å². The number of anilines is 1. The number of hydrogen-bond acceptors (Lipinski definition) is 2. The van der Waals surface area contributed by atoms with E-state index in [1.807, 2.05) is 0 Å². The Morgan fingerprint density at radius 2 is 2.21 bits per heavy atom. The Hall–Kier alpha value is -0.540. The van der Waals surface area contributed by atoms with Gasteiger partial charge in [-0.2, -0.15) is 0 Å². The molecule has 0 aromatic heterocycles. The van der Waals surface area contributed by atoms with Gasteiger partial charge >= 0.3 is 0 Å². The zero-order chi connectivity index (χ0) is 10.6. The second kappa shape index (κ2) is 5.37. The SMILES string of the molecule is COCC(C)Nc1ccc(Br)c(C)c1. The lowest BCUT2D eigenvalue weighted by atomic mass is 10.2. The van der Waals surface area contributed by atoms with Crippen LogP contribution in [0.2, 0.25) is 0 Å². The molecular weight excluding hydrogens is 242 g/mol. The summed E-state index contributed by atoms with van der Waals surface area (Å²) in [7, 11) is 1.71. The van der Waals surface area contributed by atoms with Crippen LogP contribution in [0.15, 0.2) is 22.7 Å². The number of rotatable bonds is 4. The summed E-state index contributed by atoms with van der Waals surface area (Å²) in [5.41, 5.74) is 2.37. The van der Waals surface area contributed by atoms with E-state index in [2.05, 4.69) is 53.3 Å². The predicted octanol–water partition coefficient (Wildman–Crippen LogP) is 3.20. The first kappa shape index (κ1) is 11.5. The summed E-state index contributed by atoms with van der Waals surface area (Å²) < 4.78 is 6.20. The third-order valence-electron chi connectivity index (χ3n) is 1.99. The molecule has 78 valence electrons. The Bertz CT molecular complexity index is 301. The van der Waals surface area contributed by atoms with Crippen molar-refractivity contribution in [3.63, 3.8) is 0 Å². The van der Waals surface area contributed by atoms with Crippen molar-refractivity contribution >= 4 is 21.6 Å². The first-order valence-corrected chi connectivity index (χ1v) is 5.44. The van der Waals surface area contributed by atoms with E-state index < -0.39 is 0 Å². The first-order chi connectivity index (χ1) is 6.63. The van der Waals surface area contributed by atoms with Gasteiger partial charge < -0.3 is 10.1 Å². The van der Waals surface area contributed by atoms with Gasteiger partial charge in [0.05, 0.1) is 6.61 Å². The number of aryl methyl sites for hydroxylation is 1. The highest BCUT2D eigenvalue weighted by molar-refractivity contribution is 9.10. The second-order valence-corrected chi connectivity index (χ2v) is 4.32. The maximum absolute atomic E-state index is 5.06. The van der Waals surface area contributed by atoms with E-state index in [1.54, 1.807) is 7.11 Å². The zero-order valence-corrected chi connectivity index (χ0v) is 10.4. The van der Waals surface area contributed by atoms with E-state index in [9.17, 15) is 0 Å². The minimum atomic E-state index is 0.334. The molecule has 2 nitrogen and oxygen atoms in total. The molecule has 14 heavy (non-hydrogen) atoms. The van der Waals surface area contributed by atoms with Crippen LogP contribution in [-0.4, -0.2) is 19.8 Å². The molecule has 1 rings (SSSR count). The maximum atomic E-state index is 5.06. The Labute approximate surface area is 93.8 Å². The molecule has 0 saturated heterocycles. The molecule has 3 heteroatoms. The number of halogens is 1. The lowest BCUT2D eigenvalue weighted by Gasteiger charge is -2.14. The fraction of sp³-hybridized carbons (Fsp3) is 0.455. The normalized spacial score (nSPS) is 12.6. The van der Waals surface area contributed by atoms with Crippen LogP contribution >= 0.6 is 15.9 Å². The van der Waals surface area contributed by atoms with E-state index in [-0.39, 0.29) is 0 Å². The van der Waals surface area contributed by atoms with Gasteiger partial charge in [-0.25, -0.2) is 0 Å². The van der Waals surface area contributed by atoms with Gasteiger partial charge in [-0.15, -0.1) is 0 Å². The number of methoxy groups -OCH3 is 1. The van der Waals surface area contributed by atoms with Crippen LogP contribution in [0.4, 0.5) is 5.69 Å². The predicted molar refractivity (Wildman–Crippen MR) is 63.8 cm³/mol. The van der Waals surface area contributed by atoms with Crippen LogP contribution in [-0.2, 0) is 4.74 Å². The fourth-order valence-electron chi connectivity index (χ4n) is 1.31. The molecule has 0 fully saturated rings. The molecule has 0 radical (unpaired) electrons. The molecular formula is C11H16BrNO. The van der Waals surface area contributed by atoms with Crippen LogP contribution in [0.5, 0.6) is 0 Å². The Balaban J connectivity index is 2.63. The van der Waals surface area contributed by atoms with E-state index in [4.69, 9.17) is 4.74 Å². The average Bonchev–Trinajstić information content (AvgIpc) is 2.12. The summed E-state index contributed by atoms with van der Waals surface area (Å²) in [5.74, 6) is 0. The summed E-state index contributed by atoms with van der Waals surface area (Å²) in [6.07, 6.45) is 0. The van der Waals surface area contributed by atoms with Crippen LogP contribution in [0.3, 0.4) is 0 Å². The molecule has 1 unspecified atom stereocenters. The lowest BCUT2D eigenvalue weighted by Crippen LogP contribution is -2.20. The standard InChI is InChI=1S/C11H16BrNO/c1-8-6-10(4-5-11(8)12)13-9(2)7-14-3/h4-6,9,13H,7H2,1-3H3. The number of hydrogen-bond donors (Lipinski definition) is 1. The quantitative estimate of drug-likeness (QED) is 0.895. The largest absolute Gasteiger partial charge is 0.383 e. The van der Waals surface area contributed by atoms with E-state index in [1.165, 1.54) is 5.56 Å². The van der Waals surface area contributed by atoms with Crippen LogP contribution in [0.25, 0.3) is 0 Å². The third-order valence-corrected chi connectivity index (χ3v) is 2.88. The van der Waals surface area contributed by atoms with Gasteiger partial charge in [-0.3, -0.25) is 0 Å². The summed E-state index contributed by atoms with van der Waals surface area (Å²) >= 11 is 3.47. The molecule has 1 aromatic carbocycles. The van der Waals surface area contributed by atoms with E-state index in [0.717, 1.165) is 16.8 Å². The Kier molecular flexibility index (Phi) is 4.42. The third kappa shape index (κ3) is 3.31. The van der Waals surface area contributed by atoms with Crippen molar-refractivity contribution in [3.8, 4) is 0 Å². The average molecular weight is 258 g/mol. The molecule has 0 aliphatic heterocycles. The molecule has 0 bridgehead atoms. The highest BCUT2D eigenvalue weighted by Crippen LogP contribution is 2.20. The van der Waals surface area contributed by atoms with Gasteiger partial charge in [0, 0.05) is 23.3 Å². The molecule has 0 aliphatic carbocycles.